The van der Waals surface area contributed by atoms with Crippen molar-refractivity contribution in [2.24, 2.45) is 0 Å². The Morgan fingerprint density at radius 1 is 1.55 bits per heavy atom. The lowest BCUT2D eigenvalue weighted by atomic mass is 10.2. The molecule has 1 aromatic carbocycles. The molecule has 116 valence electrons. The molecule has 1 aromatic heterocycles. The number of carbonyl (C=O) groups is 1. The molecule has 0 radical (unpaired) electrons. The number of carbonyl (C=O) groups excluding carboxylic acids is 1. The van der Waals surface area contributed by atoms with Crippen LogP contribution in [-0.2, 0) is 4.79 Å². The number of benzene rings is 1. The zero-order valence-electron chi connectivity index (χ0n) is 12.0. The highest BCUT2D eigenvalue weighted by Crippen LogP contribution is 2.29. The lowest BCUT2D eigenvalue weighted by Crippen LogP contribution is -2.31. The van der Waals surface area contributed by atoms with E-state index in [0.717, 1.165) is 10.0 Å². The van der Waals surface area contributed by atoms with Crippen molar-refractivity contribution in [1.29, 1.82) is 0 Å². The van der Waals surface area contributed by atoms with Gasteiger partial charge >= 0.3 is 0 Å². The Kier molecular flexibility index (Phi) is 5.62. The summed E-state index contributed by atoms with van der Waals surface area (Å²) in [7, 11) is 0. The first-order chi connectivity index (χ1) is 10.5. The summed E-state index contributed by atoms with van der Waals surface area (Å²) in [5.41, 5.74) is 0.841. The van der Waals surface area contributed by atoms with Crippen molar-refractivity contribution < 1.29 is 4.79 Å². The lowest BCUT2D eigenvalue weighted by molar-refractivity contribution is -0.120. The molecule has 0 saturated carbocycles. The number of halogens is 1. The summed E-state index contributed by atoms with van der Waals surface area (Å²) >= 11 is 4.71. The maximum atomic E-state index is 11.9. The minimum absolute atomic E-state index is 0.102. The molecule has 0 aliphatic carbocycles. The highest BCUT2D eigenvalue weighted by Gasteiger charge is 2.20. The van der Waals surface area contributed by atoms with Crippen LogP contribution < -0.4 is 11.2 Å². The Balaban J connectivity index is 2.16. The van der Waals surface area contributed by atoms with Gasteiger partial charge in [0.05, 0.1) is 5.25 Å². The molecule has 0 aliphatic heterocycles. The van der Waals surface area contributed by atoms with Crippen LogP contribution in [0, 0.1) is 0 Å². The van der Waals surface area contributed by atoms with Crippen LogP contribution in [0.2, 0.25) is 0 Å². The van der Waals surface area contributed by atoms with Crippen molar-refractivity contribution in [3.05, 3.63) is 41.4 Å². The molecular formula is C14H16BrN5OS. The molecule has 1 atom stereocenters. The fourth-order valence-corrected chi connectivity index (χ4v) is 2.97. The molecule has 3 N–H and O–H groups in total. The largest absolute Gasteiger partial charge is 0.352 e. The van der Waals surface area contributed by atoms with Crippen LogP contribution in [0.3, 0.4) is 0 Å². The normalized spacial score (nSPS) is 11.9. The monoisotopic (exact) mass is 381 g/mol. The molecule has 0 aliphatic rings. The maximum absolute atomic E-state index is 11.9. The van der Waals surface area contributed by atoms with Crippen molar-refractivity contribution in [1.82, 2.24) is 20.2 Å². The highest BCUT2D eigenvalue weighted by atomic mass is 79.9. The van der Waals surface area contributed by atoms with Crippen LogP contribution in [-0.4, -0.2) is 32.6 Å². The van der Waals surface area contributed by atoms with E-state index >= 15 is 0 Å². The molecule has 1 heterocycles. The van der Waals surface area contributed by atoms with Crippen molar-refractivity contribution in [2.75, 3.05) is 12.4 Å². The van der Waals surface area contributed by atoms with Gasteiger partial charge in [0.2, 0.25) is 11.1 Å². The van der Waals surface area contributed by atoms with Gasteiger partial charge in [-0.25, -0.2) is 4.68 Å². The van der Waals surface area contributed by atoms with E-state index in [1.54, 1.807) is 13.0 Å². The molecular weight excluding hydrogens is 366 g/mol. The SMILES string of the molecule is C=CCNC(=O)C(C)Sc1nnc(-c2ccccc2Br)n1N. The molecule has 0 bridgehead atoms. The molecule has 0 spiro atoms. The Labute approximate surface area is 141 Å². The van der Waals surface area contributed by atoms with Gasteiger partial charge in [0.1, 0.15) is 0 Å². The Morgan fingerprint density at radius 3 is 2.95 bits per heavy atom. The second-order valence-corrected chi connectivity index (χ2v) is 6.61. The van der Waals surface area contributed by atoms with Crippen LogP contribution in [0.1, 0.15) is 6.92 Å². The minimum atomic E-state index is -0.335. The molecule has 0 saturated heterocycles. The standard InChI is InChI=1S/C14H16BrN5OS/c1-3-8-17-13(21)9(2)22-14-19-18-12(20(14)16)10-6-4-5-7-11(10)15/h3-7,9H,1,8,16H2,2H3,(H,17,21). The first-order valence-corrected chi connectivity index (χ1v) is 8.22. The number of amides is 1. The highest BCUT2D eigenvalue weighted by molar-refractivity contribution is 9.10. The molecule has 22 heavy (non-hydrogen) atoms. The molecule has 2 rings (SSSR count). The fraction of sp³-hybridized carbons (Fsp3) is 0.214. The van der Waals surface area contributed by atoms with Crippen LogP contribution >= 0.6 is 27.7 Å². The summed E-state index contributed by atoms with van der Waals surface area (Å²) in [6, 6.07) is 7.60. The number of nitrogens with zero attached hydrogens (tertiary/aromatic N) is 3. The van der Waals surface area contributed by atoms with Gasteiger partial charge in [0.25, 0.3) is 0 Å². The third kappa shape index (κ3) is 3.69. The van der Waals surface area contributed by atoms with E-state index < -0.39 is 0 Å². The van der Waals surface area contributed by atoms with Gasteiger partial charge in [-0.05, 0) is 19.1 Å². The topological polar surface area (TPSA) is 85.8 Å². The van der Waals surface area contributed by atoms with Crippen molar-refractivity contribution >= 4 is 33.6 Å². The van der Waals surface area contributed by atoms with E-state index in [0.29, 0.717) is 17.5 Å². The number of nitrogens with one attached hydrogen (secondary N) is 1. The summed E-state index contributed by atoms with van der Waals surface area (Å²) < 4.78 is 2.27. The lowest BCUT2D eigenvalue weighted by Gasteiger charge is -2.10. The number of hydrogen-bond acceptors (Lipinski definition) is 5. The molecule has 6 nitrogen and oxygen atoms in total. The van der Waals surface area contributed by atoms with Crippen LogP contribution in [0.15, 0.2) is 46.5 Å². The van der Waals surface area contributed by atoms with Crippen molar-refractivity contribution in [3.8, 4) is 11.4 Å². The quantitative estimate of drug-likeness (QED) is 0.455. The van der Waals surface area contributed by atoms with Crippen LogP contribution in [0.25, 0.3) is 11.4 Å². The Bertz CT molecular complexity index is 688. The summed E-state index contributed by atoms with van der Waals surface area (Å²) in [6.07, 6.45) is 1.63. The maximum Gasteiger partial charge on any atom is 0.233 e. The molecule has 2 aromatic rings. The zero-order valence-corrected chi connectivity index (χ0v) is 14.4. The molecule has 1 unspecified atom stereocenters. The van der Waals surface area contributed by atoms with E-state index in [1.165, 1.54) is 16.4 Å². The Hall–Kier alpha value is -1.80. The first kappa shape index (κ1) is 16.6. The van der Waals surface area contributed by atoms with Gasteiger partial charge in [-0.15, -0.1) is 16.8 Å². The summed E-state index contributed by atoms with van der Waals surface area (Å²) in [6.45, 7) is 5.78. The molecule has 1 amide bonds. The number of rotatable bonds is 6. The number of thioether (sulfide) groups is 1. The van der Waals surface area contributed by atoms with E-state index in [4.69, 9.17) is 5.84 Å². The number of nitrogen functional groups attached to an aromatic ring is 1. The van der Waals surface area contributed by atoms with Gasteiger partial charge < -0.3 is 11.2 Å². The third-order valence-corrected chi connectivity index (χ3v) is 4.60. The first-order valence-electron chi connectivity index (χ1n) is 6.55. The van der Waals surface area contributed by atoms with Crippen LogP contribution in [0.5, 0.6) is 0 Å². The minimum Gasteiger partial charge on any atom is -0.352 e. The zero-order chi connectivity index (χ0) is 16.1. The van der Waals surface area contributed by atoms with E-state index in [1.807, 2.05) is 24.3 Å². The average molecular weight is 382 g/mol. The summed E-state index contributed by atoms with van der Waals surface area (Å²) in [4.78, 5) is 11.9. The van der Waals surface area contributed by atoms with Crippen molar-refractivity contribution in [3.63, 3.8) is 0 Å². The number of aromatic nitrogens is 3. The second-order valence-electron chi connectivity index (χ2n) is 4.45. The third-order valence-electron chi connectivity index (χ3n) is 2.85. The predicted octanol–water partition coefficient (Wildman–Crippen LogP) is 2.20. The molecule has 8 heteroatoms. The van der Waals surface area contributed by atoms with Gasteiger partial charge in [-0.3, -0.25) is 4.79 Å². The van der Waals surface area contributed by atoms with Gasteiger partial charge in [-0.1, -0.05) is 45.9 Å². The average Bonchev–Trinajstić information content (AvgIpc) is 2.86. The van der Waals surface area contributed by atoms with E-state index in [-0.39, 0.29) is 11.2 Å². The smallest absolute Gasteiger partial charge is 0.233 e. The number of nitrogens with two attached hydrogens (primary N) is 1. The van der Waals surface area contributed by atoms with Gasteiger partial charge in [-0.2, -0.15) is 0 Å². The van der Waals surface area contributed by atoms with Crippen LogP contribution in [0.4, 0.5) is 0 Å². The fourth-order valence-electron chi connectivity index (χ4n) is 1.71. The predicted molar refractivity (Wildman–Crippen MR) is 91.8 cm³/mol. The summed E-state index contributed by atoms with van der Waals surface area (Å²) in [5.74, 6) is 6.49. The molecule has 0 fully saturated rings. The van der Waals surface area contributed by atoms with Crippen molar-refractivity contribution in [2.45, 2.75) is 17.3 Å². The van der Waals surface area contributed by atoms with E-state index in [9.17, 15) is 4.79 Å². The summed E-state index contributed by atoms with van der Waals surface area (Å²) in [5, 5.41) is 11.1. The van der Waals surface area contributed by atoms with Gasteiger partial charge in [0, 0.05) is 16.6 Å². The Morgan fingerprint density at radius 2 is 2.27 bits per heavy atom. The number of hydrogen-bond donors (Lipinski definition) is 2. The van der Waals surface area contributed by atoms with Gasteiger partial charge in [0.15, 0.2) is 5.82 Å². The van der Waals surface area contributed by atoms with E-state index in [2.05, 4.69) is 38.0 Å². The second kappa shape index (κ2) is 7.46.